The van der Waals surface area contributed by atoms with E-state index in [0.717, 1.165) is 5.56 Å². The molecule has 33 heavy (non-hydrogen) atoms. The van der Waals surface area contributed by atoms with Gasteiger partial charge in [-0.15, -0.1) is 0 Å². The number of rotatable bonds is 8. The SMILES string of the molecule is NC(=S)C1(C(=O)OCc2ccccc2)CCN(C(=O)Cn2nc(C(F)F)cc2C(F)F)CC1. The van der Waals surface area contributed by atoms with Crippen molar-refractivity contribution in [2.45, 2.75) is 38.8 Å². The lowest BCUT2D eigenvalue weighted by Crippen LogP contribution is -2.53. The highest BCUT2D eigenvalue weighted by Gasteiger charge is 2.46. The summed E-state index contributed by atoms with van der Waals surface area (Å²) < 4.78 is 58.0. The zero-order chi connectivity index (χ0) is 24.2. The Labute approximate surface area is 192 Å². The molecule has 2 N–H and O–H groups in total. The number of nitrogens with zero attached hydrogens (tertiary/aromatic N) is 3. The van der Waals surface area contributed by atoms with Gasteiger partial charge in [-0.25, -0.2) is 17.6 Å². The molecule has 0 atom stereocenters. The molecule has 1 aliphatic heterocycles. The Bertz CT molecular complexity index is 1010. The molecule has 1 amide bonds. The van der Waals surface area contributed by atoms with Crippen LogP contribution in [0.5, 0.6) is 0 Å². The second-order valence-electron chi connectivity index (χ2n) is 7.64. The molecule has 3 rings (SSSR count). The smallest absolute Gasteiger partial charge is 0.319 e. The number of ether oxygens (including phenoxy) is 1. The van der Waals surface area contributed by atoms with Crippen molar-refractivity contribution in [3.63, 3.8) is 0 Å². The minimum atomic E-state index is -3.07. The number of thiocarbonyl (C=S) groups is 1. The standard InChI is InChI=1S/C21H22F4N4O3S/c22-17(23)14-10-15(18(24)25)29(27-14)11-16(30)28-8-6-21(7-9-28,19(26)33)20(31)32-12-13-4-2-1-3-5-13/h1-5,10,17-18H,6-9,11-12H2,(H2,26,33). The molecule has 7 nitrogen and oxygen atoms in total. The number of carbonyl (C=O) groups excluding carboxylic acids is 2. The Hall–Kier alpha value is -3.02. The molecule has 1 aromatic heterocycles. The number of hydrogen-bond acceptors (Lipinski definition) is 5. The van der Waals surface area contributed by atoms with Crippen LogP contribution in [0, 0.1) is 5.41 Å². The van der Waals surface area contributed by atoms with E-state index in [2.05, 4.69) is 5.10 Å². The van der Waals surface area contributed by atoms with Crippen molar-refractivity contribution < 1.29 is 31.9 Å². The molecule has 0 saturated carbocycles. The number of esters is 1. The van der Waals surface area contributed by atoms with Gasteiger partial charge in [0.1, 0.15) is 30.0 Å². The van der Waals surface area contributed by atoms with E-state index in [1.54, 1.807) is 24.3 Å². The molecule has 0 aliphatic carbocycles. The molecule has 0 spiro atoms. The van der Waals surface area contributed by atoms with Gasteiger partial charge in [0.2, 0.25) is 5.91 Å². The number of hydrogen-bond donors (Lipinski definition) is 1. The number of nitrogens with two attached hydrogens (primary N) is 1. The third kappa shape index (κ3) is 5.49. The van der Waals surface area contributed by atoms with Crippen LogP contribution in [0.4, 0.5) is 17.6 Å². The van der Waals surface area contributed by atoms with Crippen LogP contribution in [0.15, 0.2) is 36.4 Å². The highest BCUT2D eigenvalue weighted by molar-refractivity contribution is 7.80. The fourth-order valence-electron chi connectivity index (χ4n) is 3.64. The van der Waals surface area contributed by atoms with Crippen molar-refractivity contribution in [3.05, 3.63) is 53.3 Å². The van der Waals surface area contributed by atoms with Crippen molar-refractivity contribution in [3.8, 4) is 0 Å². The molecule has 2 heterocycles. The average molecular weight is 486 g/mol. The maximum absolute atomic E-state index is 13.2. The highest BCUT2D eigenvalue weighted by atomic mass is 32.1. The molecule has 2 aromatic rings. The lowest BCUT2D eigenvalue weighted by molar-refractivity contribution is -0.157. The molecule has 0 unspecified atom stereocenters. The van der Waals surface area contributed by atoms with E-state index < -0.39 is 48.1 Å². The molecular formula is C21H22F4N4O3S. The van der Waals surface area contributed by atoms with Gasteiger partial charge in [0.05, 0.1) is 4.99 Å². The van der Waals surface area contributed by atoms with E-state index >= 15 is 0 Å². The first-order valence-corrected chi connectivity index (χ1v) is 10.5. The molecule has 1 saturated heterocycles. The summed E-state index contributed by atoms with van der Waals surface area (Å²) in [7, 11) is 0. The van der Waals surface area contributed by atoms with E-state index in [1.807, 2.05) is 6.07 Å². The van der Waals surface area contributed by atoms with Gasteiger partial charge >= 0.3 is 5.97 Å². The predicted octanol–water partition coefficient (Wildman–Crippen LogP) is 3.40. The van der Waals surface area contributed by atoms with Crippen LogP contribution in [0.3, 0.4) is 0 Å². The van der Waals surface area contributed by atoms with Gasteiger partial charge in [-0.05, 0) is 24.5 Å². The Morgan fingerprint density at radius 3 is 2.30 bits per heavy atom. The van der Waals surface area contributed by atoms with Crippen molar-refractivity contribution in [2.75, 3.05) is 13.1 Å². The minimum absolute atomic E-state index is 0.0366. The zero-order valence-corrected chi connectivity index (χ0v) is 18.2. The van der Waals surface area contributed by atoms with Gasteiger partial charge in [-0.2, -0.15) is 5.10 Å². The maximum Gasteiger partial charge on any atom is 0.319 e. The van der Waals surface area contributed by atoms with E-state index in [0.29, 0.717) is 10.7 Å². The van der Waals surface area contributed by atoms with Crippen molar-refractivity contribution in [1.29, 1.82) is 0 Å². The number of aromatic nitrogens is 2. The molecule has 0 bridgehead atoms. The molecule has 1 aromatic carbocycles. The van der Waals surface area contributed by atoms with Crippen LogP contribution >= 0.6 is 12.2 Å². The second-order valence-corrected chi connectivity index (χ2v) is 8.08. The van der Waals surface area contributed by atoms with Crippen LogP contribution in [-0.2, 0) is 27.5 Å². The molecule has 1 aliphatic rings. The molecular weight excluding hydrogens is 464 g/mol. The van der Waals surface area contributed by atoms with Crippen LogP contribution in [-0.4, -0.2) is 44.6 Å². The lowest BCUT2D eigenvalue weighted by Gasteiger charge is -2.39. The third-order valence-corrected chi connectivity index (χ3v) is 6.00. The normalized spacial score (nSPS) is 15.6. The number of halogens is 4. The van der Waals surface area contributed by atoms with E-state index in [4.69, 9.17) is 22.7 Å². The Kier molecular flexibility index (Phi) is 7.67. The van der Waals surface area contributed by atoms with Crippen molar-refractivity contribution in [2.24, 2.45) is 11.1 Å². The third-order valence-electron chi connectivity index (χ3n) is 5.61. The summed E-state index contributed by atoms with van der Waals surface area (Å²) in [5.41, 5.74) is 3.79. The summed E-state index contributed by atoms with van der Waals surface area (Å²) in [5.74, 6) is -1.20. The first kappa shape index (κ1) is 24.6. The van der Waals surface area contributed by atoms with Crippen LogP contribution < -0.4 is 5.73 Å². The van der Waals surface area contributed by atoms with Gasteiger partial charge in [0, 0.05) is 13.1 Å². The predicted molar refractivity (Wildman–Crippen MR) is 113 cm³/mol. The molecule has 178 valence electrons. The quantitative estimate of drug-likeness (QED) is 0.350. The summed E-state index contributed by atoms with van der Waals surface area (Å²) in [6.07, 6.45) is -5.93. The van der Waals surface area contributed by atoms with E-state index in [9.17, 15) is 27.2 Å². The fourth-order valence-corrected chi connectivity index (χ4v) is 3.93. The van der Waals surface area contributed by atoms with Gasteiger partial charge in [0.15, 0.2) is 0 Å². The van der Waals surface area contributed by atoms with Crippen molar-refractivity contribution >= 4 is 29.1 Å². The van der Waals surface area contributed by atoms with Crippen LogP contribution in [0.25, 0.3) is 0 Å². The second kappa shape index (κ2) is 10.3. The average Bonchev–Trinajstić information content (AvgIpc) is 3.22. The number of likely N-dealkylation sites (tertiary alicyclic amines) is 1. The number of piperidine rings is 1. The Morgan fingerprint density at radius 1 is 1.12 bits per heavy atom. The zero-order valence-electron chi connectivity index (χ0n) is 17.4. The molecule has 0 radical (unpaired) electrons. The maximum atomic E-state index is 13.2. The fraction of sp³-hybridized carbons (Fsp3) is 0.429. The van der Waals surface area contributed by atoms with E-state index in [-0.39, 0.29) is 37.5 Å². The highest BCUT2D eigenvalue weighted by Crippen LogP contribution is 2.34. The number of carbonyl (C=O) groups is 2. The largest absolute Gasteiger partial charge is 0.460 e. The summed E-state index contributed by atoms with van der Waals surface area (Å²) in [4.78, 5) is 26.7. The number of benzene rings is 1. The summed E-state index contributed by atoms with van der Waals surface area (Å²) in [6.45, 7) is -0.479. The minimum Gasteiger partial charge on any atom is -0.460 e. The lowest BCUT2D eigenvalue weighted by atomic mass is 9.78. The monoisotopic (exact) mass is 486 g/mol. The van der Waals surface area contributed by atoms with Crippen LogP contribution in [0.2, 0.25) is 0 Å². The first-order chi connectivity index (χ1) is 15.6. The number of alkyl halides is 4. The van der Waals surface area contributed by atoms with Crippen molar-refractivity contribution in [1.82, 2.24) is 14.7 Å². The summed E-state index contributed by atoms with van der Waals surface area (Å²) >= 11 is 5.12. The van der Waals surface area contributed by atoms with E-state index in [1.165, 1.54) is 4.90 Å². The summed E-state index contributed by atoms with van der Waals surface area (Å²) in [5, 5.41) is 3.43. The first-order valence-electron chi connectivity index (χ1n) is 10.1. The van der Waals surface area contributed by atoms with Gasteiger partial charge in [0.25, 0.3) is 12.9 Å². The summed E-state index contributed by atoms with van der Waals surface area (Å²) in [6, 6.07) is 9.62. The Balaban J connectivity index is 1.65. The number of amides is 1. The van der Waals surface area contributed by atoms with Gasteiger partial charge in [-0.3, -0.25) is 14.3 Å². The topological polar surface area (TPSA) is 90.5 Å². The van der Waals surface area contributed by atoms with Gasteiger partial charge in [-0.1, -0.05) is 42.5 Å². The van der Waals surface area contributed by atoms with Crippen LogP contribution in [0.1, 0.15) is 42.6 Å². The van der Waals surface area contributed by atoms with Gasteiger partial charge < -0.3 is 15.4 Å². The molecule has 12 heteroatoms. The Morgan fingerprint density at radius 2 is 1.76 bits per heavy atom. The molecule has 1 fully saturated rings.